The average Bonchev–Trinajstić information content (AvgIpc) is 2.94. The number of benzene rings is 1. The molecular formula is C22H34N4O5S2. The largest absolute Gasteiger partial charge is 0.342 e. The van der Waals surface area contributed by atoms with E-state index in [0.29, 0.717) is 5.69 Å². The van der Waals surface area contributed by atoms with Gasteiger partial charge in [0, 0.05) is 29.2 Å². The quantitative estimate of drug-likeness (QED) is 0.541. The van der Waals surface area contributed by atoms with Crippen molar-refractivity contribution in [3.05, 3.63) is 41.7 Å². The first-order valence-electron chi connectivity index (χ1n) is 10.4. The minimum atomic E-state index is -4.19. The molecule has 1 heterocycles. The van der Waals surface area contributed by atoms with E-state index in [1.807, 2.05) is 32.0 Å². The van der Waals surface area contributed by atoms with Crippen molar-refractivity contribution in [2.45, 2.75) is 82.8 Å². The Morgan fingerprint density at radius 3 is 1.55 bits per heavy atom. The number of hydrogen-bond acceptors (Lipinski definition) is 5. The summed E-state index contributed by atoms with van der Waals surface area (Å²) in [4.78, 5) is 11.8. The lowest BCUT2D eigenvalue weighted by atomic mass is 10.1. The molecule has 2 rings (SSSR count). The number of anilines is 1. The van der Waals surface area contributed by atoms with Crippen LogP contribution in [0.15, 0.2) is 40.4 Å². The fourth-order valence-electron chi connectivity index (χ4n) is 3.29. The van der Waals surface area contributed by atoms with Crippen molar-refractivity contribution in [2.24, 2.45) is 0 Å². The van der Waals surface area contributed by atoms with Crippen LogP contribution >= 0.6 is 0 Å². The summed E-state index contributed by atoms with van der Waals surface area (Å²) in [5.74, 6) is -0.421. The smallest absolute Gasteiger partial charge is 0.244 e. The van der Waals surface area contributed by atoms with Crippen molar-refractivity contribution in [3.63, 3.8) is 0 Å². The lowest BCUT2D eigenvalue weighted by Crippen LogP contribution is -2.43. The number of aromatic nitrogens is 1. The third-order valence-electron chi connectivity index (χ3n) is 4.10. The molecule has 11 heteroatoms. The Labute approximate surface area is 197 Å². The zero-order valence-electron chi connectivity index (χ0n) is 20.4. The zero-order valence-corrected chi connectivity index (χ0v) is 22.0. The van der Waals surface area contributed by atoms with Gasteiger partial charge in [-0.15, -0.1) is 0 Å². The topological polar surface area (TPSA) is 126 Å². The van der Waals surface area contributed by atoms with E-state index in [1.54, 1.807) is 41.5 Å². The Morgan fingerprint density at radius 1 is 0.788 bits per heavy atom. The van der Waals surface area contributed by atoms with Crippen molar-refractivity contribution in [1.29, 1.82) is 0 Å². The molecule has 0 aliphatic carbocycles. The number of amides is 1. The molecule has 0 aliphatic heterocycles. The zero-order chi connectivity index (χ0) is 25.4. The van der Waals surface area contributed by atoms with E-state index in [0.717, 1.165) is 23.5 Å². The van der Waals surface area contributed by atoms with Gasteiger partial charge in [-0.25, -0.2) is 26.3 Å². The molecule has 9 nitrogen and oxygen atoms in total. The molecule has 33 heavy (non-hydrogen) atoms. The highest BCUT2D eigenvalue weighted by molar-refractivity contribution is 7.92. The van der Waals surface area contributed by atoms with E-state index in [4.69, 9.17) is 0 Å². The molecule has 0 spiro atoms. The van der Waals surface area contributed by atoms with Gasteiger partial charge in [0.15, 0.2) is 0 Å². The summed E-state index contributed by atoms with van der Waals surface area (Å²) in [6.07, 6.45) is 2.32. The summed E-state index contributed by atoms with van der Waals surface area (Å²) >= 11 is 0. The van der Waals surface area contributed by atoms with Gasteiger partial charge in [-0.2, -0.15) is 0 Å². The molecule has 2 aromatic rings. The molecule has 0 saturated carbocycles. The van der Waals surface area contributed by atoms with Gasteiger partial charge >= 0.3 is 0 Å². The summed E-state index contributed by atoms with van der Waals surface area (Å²) in [6.45, 7) is 13.5. The van der Waals surface area contributed by atoms with Crippen molar-refractivity contribution in [2.75, 3.05) is 5.32 Å². The van der Waals surface area contributed by atoms with Crippen LogP contribution in [0.1, 0.15) is 52.7 Å². The second-order valence-corrected chi connectivity index (χ2v) is 13.6. The lowest BCUT2D eigenvalue weighted by Gasteiger charge is -2.22. The molecule has 1 amide bonds. The average molecular weight is 499 g/mol. The van der Waals surface area contributed by atoms with Gasteiger partial charge in [-0.05, 0) is 78.6 Å². The van der Waals surface area contributed by atoms with E-state index in [9.17, 15) is 21.6 Å². The highest BCUT2D eigenvalue weighted by atomic mass is 32.2. The van der Waals surface area contributed by atoms with Crippen LogP contribution in [0.2, 0.25) is 0 Å². The second kappa shape index (κ2) is 9.21. The van der Waals surface area contributed by atoms with Gasteiger partial charge in [-0.3, -0.25) is 4.79 Å². The number of carbonyl (C=O) groups excluding carboxylic acids is 1. The number of hydrogen-bond donors (Lipinski definition) is 3. The molecule has 3 N–H and O–H groups in total. The van der Waals surface area contributed by atoms with Crippen LogP contribution in [0.25, 0.3) is 0 Å². The summed E-state index contributed by atoms with van der Waals surface area (Å²) in [5, 5.41) is 2.76. The fourth-order valence-corrected chi connectivity index (χ4v) is 6.96. The van der Waals surface area contributed by atoms with E-state index in [2.05, 4.69) is 14.8 Å². The van der Waals surface area contributed by atoms with Crippen LogP contribution < -0.4 is 14.8 Å². The Hall–Kier alpha value is -2.21. The molecule has 1 aromatic carbocycles. The van der Waals surface area contributed by atoms with Crippen LogP contribution in [0, 0.1) is 13.8 Å². The lowest BCUT2D eigenvalue weighted by molar-refractivity contribution is -0.116. The SMILES string of the molecule is Cc1cc(C)cc(NC(=O)Cn2cc(S(=O)(=O)NC(C)(C)C)c(S(=O)(=O)NC(C)(C)C)c2)c1. The number of nitrogens with zero attached hydrogens (tertiary/aromatic N) is 1. The molecule has 0 aliphatic rings. The Bertz CT molecular complexity index is 1160. The van der Waals surface area contributed by atoms with Gasteiger partial charge in [0.05, 0.1) is 0 Å². The minimum Gasteiger partial charge on any atom is -0.342 e. The number of nitrogens with one attached hydrogen (secondary N) is 3. The summed E-state index contributed by atoms with van der Waals surface area (Å²) < 4.78 is 58.3. The predicted molar refractivity (Wildman–Crippen MR) is 129 cm³/mol. The normalized spacial score (nSPS) is 13.2. The van der Waals surface area contributed by atoms with Crippen LogP contribution in [-0.2, 0) is 31.4 Å². The first-order valence-corrected chi connectivity index (χ1v) is 13.4. The van der Waals surface area contributed by atoms with Crippen LogP contribution in [0.4, 0.5) is 5.69 Å². The molecule has 0 saturated heterocycles. The maximum atomic E-state index is 13.0. The van der Waals surface area contributed by atoms with Crippen LogP contribution in [0.5, 0.6) is 0 Å². The monoisotopic (exact) mass is 498 g/mol. The van der Waals surface area contributed by atoms with Gasteiger partial charge in [-0.1, -0.05) is 6.07 Å². The highest BCUT2D eigenvalue weighted by Gasteiger charge is 2.33. The van der Waals surface area contributed by atoms with Gasteiger partial charge in [0.1, 0.15) is 16.3 Å². The van der Waals surface area contributed by atoms with Crippen molar-refractivity contribution in [3.8, 4) is 0 Å². The molecular weight excluding hydrogens is 464 g/mol. The van der Waals surface area contributed by atoms with E-state index in [1.165, 1.54) is 4.57 Å². The van der Waals surface area contributed by atoms with Crippen molar-refractivity contribution < 1.29 is 21.6 Å². The number of sulfonamides is 2. The molecule has 0 unspecified atom stereocenters. The maximum Gasteiger partial charge on any atom is 0.244 e. The molecule has 1 aromatic heterocycles. The van der Waals surface area contributed by atoms with Crippen LogP contribution in [0.3, 0.4) is 0 Å². The van der Waals surface area contributed by atoms with Gasteiger partial charge in [0.2, 0.25) is 26.0 Å². The van der Waals surface area contributed by atoms with E-state index in [-0.39, 0.29) is 6.54 Å². The first kappa shape index (κ1) is 27.0. The van der Waals surface area contributed by atoms with Gasteiger partial charge < -0.3 is 9.88 Å². The number of rotatable bonds is 7. The molecule has 184 valence electrons. The summed E-state index contributed by atoms with van der Waals surface area (Å²) in [5.41, 5.74) is 0.901. The fraction of sp³-hybridized carbons (Fsp3) is 0.500. The minimum absolute atomic E-state index is 0.268. The van der Waals surface area contributed by atoms with Crippen LogP contribution in [-0.4, -0.2) is 38.4 Å². The van der Waals surface area contributed by atoms with E-state index < -0.39 is 46.8 Å². The Balaban J connectivity index is 2.46. The third kappa shape index (κ3) is 7.95. The van der Waals surface area contributed by atoms with E-state index >= 15 is 0 Å². The first-order chi connectivity index (χ1) is 14.8. The van der Waals surface area contributed by atoms with Crippen molar-refractivity contribution in [1.82, 2.24) is 14.0 Å². The Morgan fingerprint density at radius 2 is 1.18 bits per heavy atom. The number of aryl methyl sites for hydroxylation is 2. The standard InChI is InChI=1S/C22H34N4O5S2/c1-15-9-16(2)11-17(10-15)23-20(27)14-26-12-18(32(28,29)24-21(3,4)5)19(13-26)33(30,31)25-22(6,7)8/h9-13,24-25H,14H2,1-8H3,(H,23,27). The van der Waals surface area contributed by atoms with Gasteiger partial charge in [0.25, 0.3) is 0 Å². The van der Waals surface area contributed by atoms with Crippen molar-refractivity contribution >= 4 is 31.6 Å². The third-order valence-corrected chi connectivity index (χ3v) is 7.80. The molecule has 0 atom stereocenters. The predicted octanol–water partition coefficient (Wildman–Crippen LogP) is 2.90. The number of carbonyl (C=O) groups is 1. The molecule has 0 radical (unpaired) electrons. The highest BCUT2D eigenvalue weighted by Crippen LogP contribution is 2.25. The molecule has 0 fully saturated rings. The molecule has 0 bridgehead atoms. The second-order valence-electron chi connectivity index (χ2n) is 10.3. The Kier molecular flexibility index (Phi) is 7.54. The summed E-state index contributed by atoms with van der Waals surface area (Å²) in [7, 11) is -8.39. The maximum absolute atomic E-state index is 13.0. The summed E-state index contributed by atoms with van der Waals surface area (Å²) in [6, 6.07) is 5.60.